The van der Waals surface area contributed by atoms with Crippen LogP contribution in [0.5, 0.6) is 5.75 Å². The van der Waals surface area contributed by atoms with Gasteiger partial charge in [0, 0.05) is 21.1 Å². The minimum Gasteiger partial charge on any atom is -0.487 e. The van der Waals surface area contributed by atoms with Gasteiger partial charge >= 0.3 is 12.1 Å². The number of halogens is 3. The number of alkyl halides is 3. The molecule has 2 heterocycles. The number of aryl methyl sites for hydroxylation is 2. The molecule has 0 amide bonds. The topological polar surface area (TPSA) is 48.4 Å². The van der Waals surface area contributed by atoms with Crippen molar-refractivity contribution in [3.8, 4) is 16.3 Å². The van der Waals surface area contributed by atoms with Gasteiger partial charge in [-0.05, 0) is 62.6 Å². The van der Waals surface area contributed by atoms with Crippen molar-refractivity contribution in [1.29, 1.82) is 0 Å². The van der Waals surface area contributed by atoms with Crippen LogP contribution in [-0.2, 0) is 27.9 Å². The number of aromatic nitrogens is 1. The summed E-state index contributed by atoms with van der Waals surface area (Å²) in [7, 11) is 1.38. The lowest BCUT2D eigenvalue weighted by Gasteiger charge is -2.35. The van der Waals surface area contributed by atoms with Gasteiger partial charge in [0.1, 0.15) is 16.4 Å². The SMILES string of the molecule is COC(=O)CC1(C)CCc2cc(SCc3sc(-c4ccc(C(F)(F)F)cc4)nc3C)ccc2O1. The fourth-order valence-corrected chi connectivity index (χ4v) is 5.97. The summed E-state index contributed by atoms with van der Waals surface area (Å²) in [6.45, 7) is 3.85. The molecular weight excluding hydrogens is 483 g/mol. The van der Waals surface area contributed by atoms with Crippen LogP contribution >= 0.6 is 23.1 Å². The van der Waals surface area contributed by atoms with E-state index in [0.717, 1.165) is 51.8 Å². The van der Waals surface area contributed by atoms with Gasteiger partial charge in [-0.25, -0.2) is 4.98 Å². The monoisotopic (exact) mass is 507 g/mol. The second-order valence-corrected chi connectivity index (χ2v) is 10.6. The predicted molar refractivity (Wildman–Crippen MR) is 127 cm³/mol. The first-order valence-electron chi connectivity index (χ1n) is 10.7. The largest absolute Gasteiger partial charge is 0.487 e. The number of esters is 1. The highest BCUT2D eigenvalue weighted by Gasteiger charge is 2.34. The minimum absolute atomic E-state index is 0.214. The van der Waals surface area contributed by atoms with E-state index in [1.165, 1.54) is 30.6 Å². The fourth-order valence-electron chi connectivity index (χ4n) is 3.79. The molecule has 0 bridgehead atoms. The van der Waals surface area contributed by atoms with Crippen LogP contribution in [0.4, 0.5) is 13.2 Å². The summed E-state index contributed by atoms with van der Waals surface area (Å²) < 4.78 is 49.4. The Morgan fingerprint density at radius 2 is 1.97 bits per heavy atom. The van der Waals surface area contributed by atoms with E-state index < -0.39 is 17.3 Å². The van der Waals surface area contributed by atoms with E-state index in [-0.39, 0.29) is 12.4 Å². The number of hydrogen-bond donors (Lipinski definition) is 0. The zero-order valence-corrected chi connectivity index (χ0v) is 20.6. The molecule has 0 N–H and O–H groups in total. The van der Waals surface area contributed by atoms with Crippen molar-refractivity contribution in [1.82, 2.24) is 4.98 Å². The van der Waals surface area contributed by atoms with Gasteiger partial charge in [0.2, 0.25) is 0 Å². The number of thiazole rings is 1. The molecule has 1 aliphatic heterocycles. The molecule has 0 radical (unpaired) electrons. The lowest BCUT2D eigenvalue weighted by atomic mass is 9.90. The molecule has 9 heteroatoms. The summed E-state index contributed by atoms with van der Waals surface area (Å²) in [6, 6.07) is 11.2. The van der Waals surface area contributed by atoms with Gasteiger partial charge in [-0.15, -0.1) is 23.1 Å². The quantitative estimate of drug-likeness (QED) is 0.264. The number of hydrogen-bond acceptors (Lipinski definition) is 6. The van der Waals surface area contributed by atoms with Crippen LogP contribution in [0.3, 0.4) is 0 Å². The van der Waals surface area contributed by atoms with Crippen LogP contribution in [-0.4, -0.2) is 23.7 Å². The molecule has 1 aromatic heterocycles. The Morgan fingerprint density at radius 3 is 2.65 bits per heavy atom. The van der Waals surface area contributed by atoms with Crippen LogP contribution in [0.25, 0.3) is 10.6 Å². The van der Waals surface area contributed by atoms with Crippen molar-refractivity contribution in [3.05, 3.63) is 64.2 Å². The summed E-state index contributed by atoms with van der Waals surface area (Å²) in [6.07, 6.45) is -2.59. The zero-order valence-electron chi connectivity index (χ0n) is 19.0. The number of methoxy groups -OCH3 is 1. The Hall–Kier alpha value is -2.52. The number of benzene rings is 2. The molecule has 34 heavy (non-hydrogen) atoms. The lowest BCUT2D eigenvalue weighted by molar-refractivity contribution is -0.145. The molecule has 4 rings (SSSR count). The molecule has 3 aromatic rings. The summed E-state index contributed by atoms with van der Waals surface area (Å²) in [4.78, 5) is 18.4. The van der Waals surface area contributed by atoms with E-state index in [9.17, 15) is 18.0 Å². The van der Waals surface area contributed by atoms with Gasteiger partial charge in [-0.3, -0.25) is 4.79 Å². The third kappa shape index (κ3) is 5.58. The van der Waals surface area contributed by atoms with Crippen LogP contribution in [0.2, 0.25) is 0 Å². The Labute approximate surface area is 204 Å². The Morgan fingerprint density at radius 1 is 1.24 bits per heavy atom. The van der Waals surface area contributed by atoms with Gasteiger partial charge in [0.05, 0.1) is 24.8 Å². The van der Waals surface area contributed by atoms with Crippen molar-refractivity contribution in [3.63, 3.8) is 0 Å². The third-order valence-electron chi connectivity index (χ3n) is 5.78. The van der Waals surface area contributed by atoms with Crippen molar-refractivity contribution >= 4 is 29.1 Å². The normalized spacial score (nSPS) is 17.7. The molecule has 4 nitrogen and oxygen atoms in total. The number of ether oxygens (including phenoxy) is 2. The van der Waals surface area contributed by atoms with Crippen molar-refractivity contribution < 1.29 is 27.4 Å². The highest BCUT2D eigenvalue weighted by molar-refractivity contribution is 7.98. The standard InChI is InChI=1S/C25H24F3NO3S2/c1-15-21(34-23(29-15)16-4-6-18(7-5-16)25(26,27)28)14-33-19-8-9-20-17(12-19)10-11-24(2,32-20)13-22(30)31-3/h4-9,12H,10-11,13-14H2,1-3H3. The smallest absolute Gasteiger partial charge is 0.416 e. The average Bonchev–Trinajstić information content (AvgIpc) is 3.17. The number of nitrogens with zero attached hydrogens (tertiary/aromatic N) is 1. The number of rotatable bonds is 6. The van der Waals surface area contributed by atoms with Crippen LogP contribution in [0.1, 0.15) is 41.5 Å². The molecule has 0 spiro atoms. The summed E-state index contributed by atoms with van der Waals surface area (Å²) in [5.74, 6) is 1.22. The summed E-state index contributed by atoms with van der Waals surface area (Å²) >= 11 is 3.18. The lowest BCUT2D eigenvalue weighted by Crippen LogP contribution is -2.38. The van der Waals surface area contributed by atoms with E-state index in [4.69, 9.17) is 9.47 Å². The van der Waals surface area contributed by atoms with Gasteiger partial charge in [-0.1, -0.05) is 12.1 Å². The van der Waals surface area contributed by atoms with Crippen molar-refractivity contribution in [2.75, 3.05) is 7.11 Å². The fraction of sp³-hybridized carbons (Fsp3) is 0.360. The first-order chi connectivity index (χ1) is 16.1. The number of thioether (sulfide) groups is 1. The molecule has 1 aliphatic rings. The molecule has 2 aromatic carbocycles. The van der Waals surface area contributed by atoms with Crippen molar-refractivity contribution in [2.24, 2.45) is 0 Å². The van der Waals surface area contributed by atoms with E-state index in [2.05, 4.69) is 11.1 Å². The predicted octanol–water partition coefficient (Wildman–Crippen LogP) is 7.08. The van der Waals surface area contributed by atoms with E-state index in [1.54, 1.807) is 11.8 Å². The molecule has 0 saturated heterocycles. The third-order valence-corrected chi connectivity index (χ3v) is 8.19. The highest BCUT2D eigenvalue weighted by Crippen LogP contribution is 2.39. The Balaban J connectivity index is 1.42. The average molecular weight is 508 g/mol. The Bertz CT molecular complexity index is 1190. The maximum atomic E-state index is 12.8. The number of fused-ring (bicyclic) bond motifs is 1. The molecular formula is C25H24F3NO3S2. The molecule has 1 atom stereocenters. The van der Waals surface area contributed by atoms with Crippen LogP contribution < -0.4 is 4.74 Å². The van der Waals surface area contributed by atoms with Gasteiger partial charge in [0.25, 0.3) is 0 Å². The minimum atomic E-state index is -4.35. The Kier molecular flexibility index (Phi) is 6.96. The molecule has 0 aliphatic carbocycles. The van der Waals surface area contributed by atoms with Crippen molar-refractivity contribution in [2.45, 2.75) is 55.5 Å². The molecule has 0 fully saturated rings. The summed E-state index contributed by atoms with van der Waals surface area (Å²) in [5.41, 5.74) is 1.44. The van der Waals surface area contributed by atoms with E-state index >= 15 is 0 Å². The highest BCUT2D eigenvalue weighted by atomic mass is 32.2. The maximum Gasteiger partial charge on any atom is 0.416 e. The maximum absolute atomic E-state index is 12.8. The molecule has 0 saturated carbocycles. The number of carbonyl (C=O) groups excluding carboxylic acids is 1. The first kappa shape index (κ1) is 24.6. The van der Waals surface area contributed by atoms with Gasteiger partial charge in [-0.2, -0.15) is 13.2 Å². The van der Waals surface area contributed by atoms with Gasteiger partial charge in [0.15, 0.2) is 0 Å². The molecule has 180 valence electrons. The second kappa shape index (κ2) is 9.62. The number of carbonyl (C=O) groups is 1. The summed E-state index contributed by atoms with van der Waals surface area (Å²) in [5, 5.41) is 0.713. The van der Waals surface area contributed by atoms with Crippen LogP contribution in [0, 0.1) is 6.92 Å². The molecule has 1 unspecified atom stereocenters. The van der Waals surface area contributed by atoms with E-state index in [1.807, 2.05) is 26.0 Å². The zero-order chi connectivity index (χ0) is 24.5. The van der Waals surface area contributed by atoms with E-state index in [0.29, 0.717) is 16.3 Å². The van der Waals surface area contributed by atoms with Gasteiger partial charge < -0.3 is 9.47 Å². The van der Waals surface area contributed by atoms with Crippen LogP contribution in [0.15, 0.2) is 47.4 Å². The first-order valence-corrected chi connectivity index (χ1v) is 12.5. The second-order valence-electron chi connectivity index (χ2n) is 8.47.